The predicted octanol–water partition coefficient (Wildman–Crippen LogP) is 4.92. The van der Waals surface area contributed by atoms with Gasteiger partial charge in [-0.1, -0.05) is 43.7 Å². The van der Waals surface area contributed by atoms with E-state index < -0.39 is 12.0 Å². The van der Waals surface area contributed by atoms with E-state index in [1.54, 1.807) is 11.3 Å². The van der Waals surface area contributed by atoms with E-state index in [2.05, 4.69) is 33.4 Å². The highest BCUT2D eigenvalue weighted by molar-refractivity contribution is 7.18. The lowest BCUT2D eigenvalue weighted by molar-refractivity contribution is -0.147. The van der Waals surface area contributed by atoms with Gasteiger partial charge in [0.25, 0.3) is 5.89 Å². The molecule has 0 saturated carbocycles. The van der Waals surface area contributed by atoms with Crippen LogP contribution < -0.4 is 4.90 Å². The summed E-state index contributed by atoms with van der Waals surface area (Å²) >= 11 is 1.56. The summed E-state index contributed by atoms with van der Waals surface area (Å²) in [6, 6.07) is 11.8. The molecule has 5 heterocycles. The van der Waals surface area contributed by atoms with E-state index in [9.17, 15) is 13.2 Å². The highest BCUT2D eigenvalue weighted by Gasteiger charge is 2.39. The molecule has 0 atom stereocenters. The van der Waals surface area contributed by atoms with E-state index in [1.165, 1.54) is 0 Å². The molecule has 0 amide bonds. The van der Waals surface area contributed by atoms with Gasteiger partial charge in [0.15, 0.2) is 5.82 Å². The number of aryl methyl sites for hydroxylation is 1. The molecular weight excluding hydrogens is 505 g/mol. The molecule has 1 aliphatic heterocycles. The third-order valence-electron chi connectivity index (χ3n) is 6.08. The highest BCUT2D eigenvalue weighted by atomic mass is 32.1. The number of aromatic nitrogens is 7. The Balaban J connectivity index is 1.37. The second kappa shape index (κ2) is 9.21. The number of rotatable bonds is 6. The van der Waals surface area contributed by atoms with Crippen molar-refractivity contribution in [3.8, 4) is 11.7 Å². The van der Waals surface area contributed by atoms with E-state index in [4.69, 9.17) is 14.4 Å². The molecule has 0 spiro atoms. The Hall–Kier alpha value is -3.87. The standard InChI is InChI=1S/C24H21F3N8OS/c1-2-6-15-12-16-20(34-9-10-35-17(13-34)30-33-23(35)24(25,26)27)28-19(29-22(16)37-15)21-32-31-18(36-21)11-14-7-4-3-5-8-14/h3-5,7-8,12H,2,6,9-11,13H2,1H3. The fourth-order valence-electron chi connectivity index (χ4n) is 4.40. The van der Waals surface area contributed by atoms with Crippen LogP contribution in [0.25, 0.3) is 21.9 Å². The highest BCUT2D eigenvalue weighted by Crippen LogP contribution is 2.36. The summed E-state index contributed by atoms with van der Waals surface area (Å²) in [5, 5.41) is 16.4. The molecule has 190 valence electrons. The van der Waals surface area contributed by atoms with Gasteiger partial charge in [0.2, 0.25) is 17.5 Å². The summed E-state index contributed by atoms with van der Waals surface area (Å²) in [7, 11) is 0. The van der Waals surface area contributed by atoms with Crippen molar-refractivity contribution in [3.63, 3.8) is 0 Å². The van der Waals surface area contributed by atoms with Crippen molar-refractivity contribution in [1.82, 2.24) is 34.9 Å². The average molecular weight is 527 g/mol. The number of hydrogen-bond donors (Lipinski definition) is 0. The number of alkyl halides is 3. The molecule has 0 radical (unpaired) electrons. The summed E-state index contributed by atoms with van der Waals surface area (Å²) in [5.41, 5.74) is 1.04. The minimum absolute atomic E-state index is 0.0890. The maximum atomic E-state index is 13.3. The predicted molar refractivity (Wildman–Crippen MR) is 130 cm³/mol. The number of anilines is 1. The zero-order chi connectivity index (χ0) is 25.6. The maximum Gasteiger partial charge on any atom is 0.451 e. The SMILES string of the molecule is CCCc1cc2c(N3CCn4c(nnc4C(F)(F)F)C3)nc(-c3nnc(Cc4ccccc4)o3)nc2s1. The number of thiophene rings is 1. The first-order chi connectivity index (χ1) is 17.9. The van der Waals surface area contributed by atoms with E-state index in [0.717, 1.165) is 38.1 Å². The van der Waals surface area contributed by atoms with Gasteiger partial charge in [-0.15, -0.1) is 31.7 Å². The molecule has 0 bridgehead atoms. The Labute approximate surface area is 213 Å². The Bertz CT molecular complexity index is 1560. The lowest BCUT2D eigenvalue weighted by Gasteiger charge is -2.29. The van der Waals surface area contributed by atoms with Crippen molar-refractivity contribution in [2.45, 2.75) is 45.5 Å². The Morgan fingerprint density at radius 2 is 1.86 bits per heavy atom. The number of benzene rings is 1. The van der Waals surface area contributed by atoms with E-state index in [1.807, 2.05) is 35.2 Å². The second-order valence-electron chi connectivity index (χ2n) is 8.73. The monoisotopic (exact) mass is 526 g/mol. The van der Waals surface area contributed by atoms with Gasteiger partial charge < -0.3 is 13.9 Å². The van der Waals surface area contributed by atoms with Crippen LogP contribution in [0.1, 0.15) is 41.3 Å². The molecule has 9 nitrogen and oxygen atoms in total. The third kappa shape index (κ3) is 4.54. The molecule has 0 fully saturated rings. The van der Waals surface area contributed by atoms with Crippen molar-refractivity contribution in [3.05, 3.63) is 64.4 Å². The van der Waals surface area contributed by atoms with Gasteiger partial charge in [0.1, 0.15) is 10.6 Å². The molecule has 0 N–H and O–H groups in total. The van der Waals surface area contributed by atoms with Crippen LogP contribution in [0.4, 0.5) is 19.0 Å². The van der Waals surface area contributed by atoms with Gasteiger partial charge in [0.05, 0.1) is 18.4 Å². The zero-order valence-electron chi connectivity index (χ0n) is 19.7. The minimum Gasteiger partial charge on any atom is -0.418 e. The summed E-state index contributed by atoms with van der Waals surface area (Å²) in [5.74, 6) is 0.771. The smallest absolute Gasteiger partial charge is 0.418 e. The van der Waals surface area contributed by atoms with Crippen LogP contribution in [0.5, 0.6) is 0 Å². The molecule has 1 aromatic carbocycles. The Morgan fingerprint density at radius 3 is 2.65 bits per heavy atom. The van der Waals surface area contributed by atoms with Crippen LogP contribution in [-0.4, -0.2) is 41.5 Å². The van der Waals surface area contributed by atoms with Crippen molar-refractivity contribution in [2.75, 3.05) is 11.4 Å². The van der Waals surface area contributed by atoms with Crippen LogP contribution >= 0.6 is 11.3 Å². The van der Waals surface area contributed by atoms with E-state index >= 15 is 0 Å². The van der Waals surface area contributed by atoms with Gasteiger partial charge in [-0.3, -0.25) is 0 Å². The average Bonchev–Trinajstić information content (AvgIpc) is 3.61. The van der Waals surface area contributed by atoms with Gasteiger partial charge in [0, 0.05) is 18.0 Å². The van der Waals surface area contributed by atoms with Gasteiger partial charge >= 0.3 is 6.18 Å². The first-order valence-corrected chi connectivity index (χ1v) is 12.6. The fraction of sp³-hybridized carbons (Fsp3) is 0.333. The number of fused-ring (bicyclic) bond motifs is 2. The first-order valence-electron chi connectivity index (χ1n) is 11.8. The maximum absolute atomic E-state index is 13.3. The molecule has 37 heavy (non-hydrogen) atoms. The first kappa shape index (κ1) is 23.5. The van der Waals surface area contributed by atoms with Crippen LogP contribution in [-0.2, 0) is 32.1 Å². The topological polar surface area (TPSA) is 98.7 Å². The van der Waals surface area contributed by atoms with Gasteiger partial charge in [-0.25, -0.2) is 9.97 Å². The second-order valence-corrected chi connectivity index (χ2v) is 9.84. The van der Waals surface area contributed by atoms with Crippen molar-refractivity contribution >= 4 is 27.4 Å². The Kier molecular flexibility index (Phi) is 5.86. The molecule has 13 heteroatoms. The molecule has 0 aliphatic carbocycles. The third-order valence-corrected chi connectivity index (χ3v) is 7.17. The minimum atomic E-state index is -4.55. The van der Waals surface area contributed by atoms with Gasteiger partial charge in [-0.2, -0.15) is 13.2 Å². The normalized spacial score (nSPS) is 13.9. The number of halogens is 3. The van der Waals surface area contributed by atoms with Crippen LogP contribution in [0.15, 0.2) is 40.8 Å². The fourth-order valence-corrected chi connectivity index (χ4v) is 5.52. The van der Waals surface area contributed by atoms with Crippen LogP contribution in [0.3, 0.4) is 0 Å². The van der Waals surface area contributed by atoms with Crippen LogP contribution in [0, 0.1) is 0 Å². The van der Waals surface area contributed by atoms with Crippen molar-refractivity contribution in [2.24, 2.45) is 0 Å². The number of hydrogen-bond acceptors (Lipinski definition) is 9. The molecule has 0 saturated heterocycles. The lowest BCUT2D eigenvalue weighted by Crippen LogP contribution is -2.36. The zero-order valence-corrected chi connectivity index (χ0v) is 20.6. The quantitative estimate of drug-likeness (QED) is 0.308. The Morgan fingerprint density at radius 1 is 1.03 bits per heavy atom. The van der Waals surface area contributed by atoms with Gasteiger partial charge in [-0.05, 0) is 18.1 Å². The number of nitrogens with zero attached hydrogens (tertiary/aromatic N) is 8. The summed E-state index contributed by atoms with van der Waals surface area (Å²) in [4.78, 5) is 13.3. The summed E-state index contributed by atoms with van der Waals surface area (Å²) < 4.78 is 47.0. The molecule has 5 aromatic rings. The van der Waals surface area contributed by atoms with Crippen molar-refractivity contribution < 1.29 is 17.6 Å². The van der Waals surface area contributed by atoms with E-state index in [0.29, 0.717) is 24.7 Å². The van der Waals surface area contributed by atoms with Crippen LogP contribution in [0.2, 0.25) is 0 Å². The molecule has 0 unspecified atom stereocenters. The molecular formula is C24H21F3N8OS. The molecule has 4 aromatic heterocycles. The largest absolute Gasteiger partial charge is 0.451 e. The molecule has 1 aliphatic rings. The molecule has 6 rings (SSSR count). The van der Waals surface area contributed by atoms with Crippen molar-refractivity contribution in [1.29, 1.82) is 0 Å². The summed E-state index contributed by atoms with van der Waals surface area (Å²) in [6.07, 6.45) is -2.21. The lowest BCUT2D eigenvalue weighted by atomic mass is 10.2. The summed E-state index contributed by atoms with van der Waals surface area (Å²) in [6.45, 7) is 2.63. The van der Waals surface area contributed by atoms with E-state index in [-0.39, 0.29) is 30.6 Å².